The van der Waals surface area contributed by atoms with Crippen LogP contribution in [-0.2, 0) is 24.1 Å². The van der Waals surface area contributed by atoms with Gasteiger partial charge in [0.25, 0.3) is 10.7 Å². The van der Waals surface area contributed by atoms with Crippen LogP contribution in [-0.4, -0.2) is 15.7 Å². The predicted octanol–water partition coefficient (Wildman–Crippen LogP) is 5.40. The molecule has 0 aliphatic rings. The summed E-state index contributed by atoms with van der Waals surface area (Å²) in [4.78, 5) is 12.2. The van der Waals surface area contributed by atoms with Crippen molar-refractivity contribution in [2.45, 2.75) is 26.3 Å². The molecule has 3 rings (SSSR count). The maximum absolute atomic E-state index is 12.9. The minimum atomic E-state index is -4.56. The molecule has 0 aliphatic heterocycles. The topological polar surface area (TPSA) is 69.3 Å². The summed E-state index contributed by atoms with van der Waals surface area (Å²) in [6.45, 7) is 1.49. The lowest BCUT2D eigenvalue weighted by atomic mass is 10.2. The van der Waals surface area contributed by atoms with Gasteiger partial charge in [0, 0.05) is 0 Å². The number of nitrogens with one attached hydrogen (secondary N) is 1. The van der Waals surface area contributed by atoms with Crippen LogP contribution in [0.2, 0.25) is 5.02 Å². The summed E-state index contributed by atoms with van der Waals surface area (Å²) in [5.74, 6) is 0.116. The first kappa shape index (κ1) is 21.8. The Bertz CT molecular complexity index is 1130. The summed E-state index contributed by atoms with van der Waals surface area (Å²) in [7, 11) is 0. The van der Waals surface area contributed by atoms with E-state index in [1.165, 1.54) is 0 Å². The summed E-state index contributed by atoms with van der Waals surface area (Å²) < 4.78 is 50.6. The lowest BCUT2D eigenvalue weighted by Crippen LogP contribution is -2.20. The molecule has 0 saturated heterocycles. The summed E-state index contributed by atoms with van der Waals surface area (Å²) in [6.07, 6.45) is -4.56. The van der Waals surface area contributed by atoms with E-state index in [9.17, 15) is 18.0 Å². The van der Waals surface area contributed by atoms with Gasteiger partial charge in [-0.05, 0) is 49.0 Å². The van der Waals surface area contributed by atoms with E-state index in [0.29, 0.717) is 5.75 Å². The van der Waals surface area contributed by atoms with Gasteiger partial charge in [-0.3, -0.25) is 4.79 Å². The number of alkyl halides is 3. The number of anilines is 1. The highest BCUT2D eigenvalue weighted by atomic mass is 35.5. The van der Waals surface area contributed by atoms with E-state index >= 15 is 0 Å². The molecule has 30 heavy (non-hydrogen) atoms. The fraction of sp³-hybridized carbons (Fsp3) is 0.211. The molecule has 0 aliphatic carbocycles. The smallest absolute Gasteiger partial charge is 0.416 e. The molecule has 1 aromatic heterocycles. The average Bonchev–Trinajstić information content (AvgIpc) is 3.01. The fourth-order valence-corrected chi connectivity index (χ4v) is 2.85. The zero-order valence-electron chi connectivity index (χ0n) is 15.5. The van der Waals surface area contributed by atoms with Crippen LogP contribution in [0.5, 0.6) is 5.75 Å². The van der Waals surface area contributed by atoms with Crippen LogP contribution in [0.1, 0.15) is 17.0 Å². The highest BCUT2D eigenvalue weighted by Crippen LogP contribution is 2.33. The van der Waals surface area contributed by atoms with E-state index in [0.717, 1.165) is 28.4 Å². The van der Waals surface area contributed by atoms with Gasteiger partial charge in [-0.15, -0.1) is 5.10 Å². The zero-order valence-corrected chi connectivity index (χ0v) is 17.1. The Kier molecular flexibility index (Phi) is 6.47. The van der Waals surface area contributed by atoms with Crippen LogP contribution in [0, 0.1) is 11.8 Å². The molecule has 1 heterocycles. The van der Waals surface area contributed by atoms with Gasteiger partial charge in [-0.1, -0.05) is 29.8 Å². The summed E-state index contributed by atoms with van der Waals surface area (Å²) >= 11 is 10.9. The third-order valence-corrected chi connectivity index (χ3v) is 4.58. The summed E-state index contributed by atoms with van der Waals surface area (Å²) in [5, 5.41) is 6.35. The standard InChI is InChI=1S/C19H15ClF3N3O3S/c1-11-4-2-3-5-15(11)28-10-17-25-26(18(30)29-17)9-16(27)24-14-8-12(19(21,22)23)6-7-13(14)20/h2-8H,9-10H2,1H3,(H,24,27). The fourth-order valence-electron chi connectivity index (χ4n) is 2.49. The van der Waals surface area contributed by atoms with Crippen LogP contribution in [0.25, 0.3) is 0 Å². The number of para-hydroxylation sites is 1. The molecule has 0 saturated carbocycles. The Morgan fingerprint density at radius 1 is 1.30 bits per heavy atom. The second-order valence-electron chi connectivity index (χ2n) is 6.21. The minimum Gasteiger partial charge on any atom is -0.484 e. The first-order valence-electron chi connectivity index (χ1n) is 8.55. The first-order chi connectivity index (χ1) is 14.1. The van der Waals surface area contributed by atoms with Crippen molar-refractivity contribution in [2.75, 3.05) is 5.32 Å². The van der Waals surface area contributed by atoms with Crippen molar-refractivity contribution >= 4 is 35.4 Å². The molecular weight excluding hydrogens is 443 g/mol. The molecular formula is C19H15ClF3N3O3S. The zero-order chi connectivity index (χ0) is 21.9. The maximum Gasteiger partial charge on any atom is 0.416 e. The number of nitrogens with zero attached hydrogens (tertiary/aromatic N) is 2. The summed E-state index contributed by atoms with van der Waals surface area (Å²) in [5.41, 5.74) is -0.182. The van der Waals surface area contributed by atoms with Crippen LogP contribution < -0.4 is 10.1 Å². The molecule has 0 fully saturated rings. The van der Waals surface area contributed by atoms with Crippen molar-refractivity contribution < 1.29 is 27.1 Å². The molecule has 158 valence electrons. The Morgan fingerprint density at radius 2 is 2.03 bits per heavy atom. The Morgan fingerprint density at radius 3 is 2.73 bits per heavy atom. The quantitative estimate of drug-likeness (QED) is 0.502. The number of carbonyl (C=O) groups is 1. The van der Waals surface area contributed by atoms with E-state index < -0.39 is 17.6 Å². The highest BCUT2D eigenvalue weighted by Gasteiger charge is 2.31. The van der Waals surface area contributed by atoms with Crippen LogP contribution in [0.3, 0.4) is 0 Å². The number of halogens is 4. The molecule has 1 N–H and O–H groups in total. The molecule has 0 spiro atoms. The molecule has 1 amide bonds. The number of hydrogen-bond donors (Lipinski definition) is 1. The minimum absolute atomic E-state index is 0.0113. The molecule has 3 aromatic rings. The van der Waals surface area contributed by atoms with Crippen molar-refractivity contribution in [3.05, 3.63) is 69.3 Å². The number of benzene rings is 2. The number of aryl methyl sites for hydroxylation is 1. The van der Waals surface area contributed by atoms with Gasteiger partial charge in [-0.2, -0.15) is 13.2 Å². The molecule has 6 nitrogen and oxygen atoms in total. The van der Waals surface area contributed by atoms with Crippen molar-refractivity contribution in [1.82, 2.24) is 9.78 Å². The molecule has 0 unspecified atom stereocenters. The monoisotopic (exact) mass is 457 g/mol. The van der Waals surface area contributed by atoms with E-state index in [4.69, 9.17) is 33.0 Å². The maximum atomic E-state index is 12.9. The number of rotatable bonds is 6. The van der Waals surface area contributed by atoms with Gasteiger partial charge in [0.2, 0.25) is 5.91 Å². The molecule has 2 aromatic carbocycles. The Hall–Kier alpha value is -2.85. The lowest BCUT2D eigenvalue weighted by Gasteiger charge is -2.11. The molecule has 0 atom stereocenters. The number of hydrogen-bond acceptors (Lipinski definition) is 5. The lowest BCUT2D eigenvalue weighted by molar-refractivity contribution is -0.137. The van der Waals surface area contributed by atoms with Crippen LogP contribution >= 0.6 is 23.8 Å². The molecule has 11 heteroatoms. The second kappa shape index (κ2) is 8.88. The van der Waals surface area contributed by atoms with Gasteiger partial charge in [-0.25, -0.2) is 4.68 Å². The largest absolute Gasteiger partial charge is 0.484 e. The van der Waals surface area contributed by atoms with Gasteiger partial charge in [0.15, 0.2) is 6.61 Å². The van der Waals surface area contributed by atoms with E-state index in [-0.39, 0.29) is 34.6 Å². The first-order valence-corrected chi connectivity index (χ1v) is 9.34. The van der Waals surface area contributed by atoms with Gasteiger partial charge >= 0.3 is 6.18 Å². The van der Waals surface area contributed by atoms with E-state index in [1.807, 2.05) is 25.1 Å². The molecule has 0 bridgehead atoms. The third-order valence-electron chi connectivity index (χ3n) is 3.95. The molecule has 0 radical (unpaired) electrons. The van der Waals surface area contributed by atoms with E-state index in [1.54, 1.807) is 6.07 Å². The average molecular weight is 458 g/mol. The number of amides is 1. The second-order valence-corrected chi connectivity index (χ2v) is 6.97. The van der Waals surface area contributed by atoms with E-state index in [2.05, 4.69) is 10.4 Å². The predicted molar refractivity (Wildman–Crippen MR) is 106 cm³/mol. The Balaban J connectivity index is 1.66. The highest BCUT2D eigenvalue weighted by molar-refractivity contribution is 7.71. The third kappa shape index (κ3) is 5.39. The number of aromatic nitrogens is 2. The van der Waals surface area contributed by atoms with Crippen molar-refractivity contribution in [1.29, 1.82) is 0 Å². The normalized spacial score (nSPS) is 11.4. The number of ether oxygens (including phenoxy) is 1. The van der Waals surface area contributed by atoms with Gasteiger partial charge in [0.1, 0.15) is 12.3 Å². The van der Waals surface area contributed by atoms with Gasteiger partial charge < -0.3 is 14.5 Å². The Labute approximate surface area is 179 Å². The van der Waals surface area contributed by atoms with Crippen molar-refractivity contribution in [3.8, 4) is 5.75 Å². The van der Waals surface area contributed by atoms with Gasteiger partial charge in [0.05, 0.1) is 16.3 Å². The van der Waals surface area contributed by atoms with Crippen LogP contribution in [0.4, 0.5) is 18.9 Å². The number of carbonyl (C=O) groups excluding carboxylic acids is 1. The van der Waals surface area contributed by atoms with Crippen molar-refractivity contribution in [3.63, 3.8) is 0 Å². The SMILES string of the molecule is Cc1ccccc1OCc1nn(CC(=O)Nc2cc(C(F)(F)F)ccc2Cl)c(=S)o1. The van der Waals surface area contributed by atoms with Crippen LogP contribution in [0.15, 0.2) is 46.9 Å². The summed E-state index contributed by atoms with van der Waals surface area (Å²) in [6, 6.07) is 10.00. The van der Waals surface area contributed by atoms with Crippen molar-refractivity contribution in [2.24, 2.45) is 0 Å².